The van der Waals surface area contributed by atoms with Crippen LogP contribution in [0.5, 0.6) is 5.75 Å². The minimum absolute atomic E-state index is 0.0345. The molecule has 0 saturated carbocycles. The monoisotopic (exact) mass is 517 g/mol. The van der Waals surface area contributed by atoms with Crippen LogP contribution in [0.3, 0.4) is 0 Å². The molecule has 4 rings (SSSR count). The lowest BCUT2D eigenvalue weighted by Crippen LogP contribution is -2.61. The minimum atomic E-state index is -1.45. The van der Waals surface area contributed by atoms with Crippen LogP contribution >= 0.6 is 0 Å². The van der Waals surface area contributed by atoms with Crippen molar-refractivity contribution in [2.75, 3.05) is 33.7 Å². The Balaban J connectivity index is 0.000000356. The van der Waals surface area contributed by atoms with E-state index in [1.807, 2.05) is 0 Å². The number of hydrogen-bond donors (Lipinski definition) is 3. The number of amides is 2. The number of rotatable bonds is 6. The van der Waals surface area contributed by atoms with E-state index in [-0.39, 0.29) is 30.1 Å². The van der Waals surface area contributed by atoms with Gasteiger partial charge in [-0.25, -0.2) is 9.18 Å². The van der Waals surface area contributed by atoms with Crippen molar-refractivity contribution in [3.8, 4) is 5.75 Å². The van der Waals surface area contributed by atoms with E-state index in [0.717, 1.165) is 24.7 Å². The van der Waals surface area contributed by atoms with Crippen molar-refractivity contribution in [2.24, 2.45) is 5.73 Å². The molecule has 200 valence electrons. The molecule has 3 heterocycles. The van der Waals surface area contributed by atoms with Crippen LogP contribution in [0.15, 0.2) is 35.3 Å². The van der Waals surface area contributed by atoms with Gasteiger partial charge in [-0.05, 0) is 30.5 Å². The Bertz CT molecular complexity index is 1210. The van der Waals surface area contributed by atoms with Crippen LogP contribution in [0.25, 0.3) is 0 Å². The number of hydrogen-bond acceptors (Lipinski definition) is 7. The van der Waals surface area contributed by atoms with Crippen molar-refractivity contribution in [1.29, 1.82) is 0 Å². The molecule has 2 aromatic rings. The maximum atomic E-state index is 12.9. The molecule has 2 aliphatic rings. The minimum Gasteiger partial charge on any atom is -0.503 e. The summed E-state index contributed by atoms with van der Waals surface area (Å²) in [6.07, 6.45) is 2.58. The summed E-state index contributed by atoms with van der Waals surface area (Å²) >= 11 is 0. The number of carbonyl (C=O) groups excluding carboxylic acids is 2. The first-order chi connectivity index (χ1) is 17.5. The highest BCUT2D eigenvalue weighted by atomic mass is 19.1. The highest BCUT2D eigenvalue weighted by molar-refractivity contribution is 5.97. The summed E-state index contributed by atoms with van der Waals surface area (Å²) in [6, 6.07) is 6.16. The normalized spacial score (nSPS) is 16.8. The molecule has 0 radical (unpaired) electrons. The highest BCUT2D eigenvalue weighted by Gasteiger charge is 2.40. The molecule has 0 spiro atoms. The molecular formula is C25H32FN5O6. The topological polar surface area (TPSA) is 149 Å². The van der Waals surface area contributed by atoms with Gasteiger partial charge in [-0.3, -0.25) is 19.3 Å². The summed E-state index contributed by atoms with van der Waals surface area (Å²) < 4.78 is 13.5. The first-order valence-corrected chi connectivity index (χ1v) is 11.9. The summed E-state index contributed by atoms with van der Waals surface area (Å²) in [5.41, 5.74) is 4.44. The van der Waals surface area contributed by atoms with E-state index < -0.39 is 28.6 Å². The van der Waals surface area contributed by atoms with E-state index in [1.54, 1.807) is 31.1 Å². The van der Waals surface area contributed by atoms with E-state index in [4.69, 9.17) is 5.73 Å². The molecule has 0 bridgehead atoms. The Kier molecular flexibility index (Phi) is 9.00. The van der Waals surface area contributed by atoms with E-state index >= 15 is 0 Å². The van der Waals surface area contributed by atoms with Crippen molar-refractivity contribution in [3.63, 3.8) is 0 Å². The Morgan fingerprint density at radius 3 is 2.43 bits per heavy atom. The number of carbonyl (C=O) groups is 3. The van der Waals surface area contributed by atoms with Gasteiger partial charge in [0.15, 0.2) is 11.4 Å². The predicted molar refractivity (Wildman–Crippen MR) is 133 cm³/mol. The maximum absolute atomic E-state index is 12.9. The number of nitrogens with zero attached hydrogens (tertiary/aromatic N) is 4. The number of carboxylic acid groups (broad SMARTS) is 1. The summed E-state index contributed by atoms with van der Waals surface area (Å²) in [6.45, 7) is 2.57. The van der Waals surface area contributed by atoms with Gasteiger partial charge in [0.2, 0.25) is 11.3 Å². The van der Waals surface area contributed by atoms with Gasteiger partial charge in [-0.15, -0.1) is 0 Å². The number of aromatic nitrogens is 1. The molecule has 1 atom stereocenters. The van der Waals surface area contributed by atoms with Gasteiger partial charge >= 0.3 is 5.97 Å². The molecule has 0 aliphatic carbocycles. The fourth-order valence-electron chi connectivity index (χ4n) is 4.41. The van der Waals surface area contributed by atoms with Gasteiger partial charge in [0, 0.05) is 52.9 Å². The maximum Gasteiger partial charge on any atom is 0.341 e. The molecule has 37 heavy (non-hydrogen) atoms. The van der Waals surface area contributed by atoms with Gasteiger partial charge in [0.1, 0.15) is 17.5 Å². The average molecular weight is 518 g/mol. The highest BCUT2D eigenvalue weighted by Crippen LogP contribution is 2.28. The van der Waals surface area contributed by atoms with Crippen molar-refractivity contribution in [2.45, 2.75) is 38.5 Å². The first kappa shape index (κ1) is 27.8. The molecule has 1 saturated heterocycles. The molecule has 2 aliphatic heterocycles. The second kappa shape index (κ2) is 12.0. The second-order valence-corrected chi connectivity index (χ2v) is 9.12. The number of nitrogens with two attached hydrogens (primary N) is 1. The number of carboxylic acids is 1. The van der Waals surface area contributed by atoms with Crippen LogP contribution in [0.1, 0.15) is 45.7 Å². The zero-order valence-corrected chi connectivity index (χ0v) is 20.9. The molecule has 11 nitrogen and oxygen atoms in total. The quantitative estimate of drug-likeness (QED) is 0.512. The summed E-state index contributed by atoms with van der Waals surface area (Å²) in [5.74, 6) is -2.94. The number of fused-ring (bicyclic) bond motifs is 2. The van der Waals surface area contributed by atoms with Gasteiger partial charge in [-0.1, -0.05) is 12.1 Å². The van der Waals surface area contributed by atoms with E-state index in [2.05, 4.69) is 4.90 Å². The summed E-state index contributed by atoms with van der Waals surface area (Å²) in [4.78, 5) is 53.2. The number of halogens is 1. The van der Waals surface area contributed by atoms with Gasteiger partial charge in [-0.2, -0.15) is 0 Å². The molecule has 1 fully saturated rings. The number of pyridine rings is 1. The third-order valence-electron chi connectivity index (χ3n) is 6.42. The number of benzene rings is 1. The number of aromatic carboxylic acids is 1. The SMILES string of the molecule is CN(C)C(=O)CCCN1CCCN2C(=O)c3c(O)c(=O)c(C(=O)O)cn3CC12.NCc1ccc(F)cc1. The van der Waals surface area contributed by atoms with Crippen LogP contribution in [0.4, 0.5) is 4.39 Å². The number of aromatic hydroxyl groups is 1. The summed E-state index contributed by atoms with van der Waals surface area (Å²) in [7, 11) is 3.41. The van der Waals surface area contributed by atoms with Gasteiger partial charge < -0.3 is 30.3 Å². The Morgan fingerprint density at radius 1 is 1.16 bits per heavy atom. The Morgan fingerprint density at radius 2 is 1.84 bits per heavy atom. The molecular weight excluding hydrogens is 485 g/mol. The van der Waals surface area contributed by atoms with Crippen LogP contribution < -0.4 is 11.2 Å². The predicted octanol–water partition coefficient (Wildman–Crippen LogP) is 0.893. The van der Waals surface area contributed by atoms with E-state index in [9.17, 15) is 33.8 Å². The Hall–Kier alpha value is -3.77. The zero-order chi connectivity index (χ0) is 27.3. The fraction of sp³-hybridized carbons (Fsp3) is 0.440. The third-order valence-corrected chi connectivity index (χ3v) is 6.42. The molecule has 1 unspecified atom stereocenters. The molecule has 1 aromatic heterocycles. The molecule has 1 aromatic carbocycles. The van der Waals surface area contributed by atoms with Crippen molar-refractivity contribution in [3.05, 3.63) is 63.3 Å². The molecule has 12 heteroatoms. The van der Waals surface area contributed by atoms with Crippen LogP contribution in [-0.2, 0) is 17.9 Å². The van der Waals surface area contributed by atoms with Crippen molar-refractivity contribution >= 4 is 17.8 Å². The third kappa shape index (κ3) is 6.33. The molecule has 4 N–H and O–H groups in total. The van der Waals surface area contributed by atoms with E-state index in [1.165, 1.54) is 21.6 Å². The zero-order valence-electron chi connectivity index (χ0n) is 20.9. The van der Waals surface area contributed by atoms with Gasteiger partial charge in [0.25, 0.3) is 5.91 Å². The van der Waals surface area contributed by atoms with Crippen LogP contribution in [0.2, 0.25) is 0 Å². The van der Waals surface area contributed by atoms with Crippen molar-refractivity contribution in [1.82, 2.24) is 19.3 Å². The van der Waals surface area contributed by atoms with Gasteiger partial charge in [0.05, 0.1) is 6.54 Å². The average Bonchev–Trinajstić information content (AvgIpc) is 2.87. The smallest absolute Gasteiger partial charge is 0.341 e. The second-order valence-electron chi connectivity index (χ2n) is 9.12. The van der Waals surface area contributed by atoms with Crippen molar-refractivity contribution < 1.29 is 29.0 Å². The lowest BCUT2D eigenvalue weighted by atomic mass is 10.1. The lowest BCUT2D eigenvalue weighted by molar-refractivity contribution is -0.129. The van der Waals surface area contributed by atoms with Crippen LogP contribution in [-0.4, -0.2) is 87.2 Å². The fourth-order valence-corrected chi connectivity index (χ4v) is 4.41. The lowest BCUT2D eigenvalue weighted by Gasteiger charge is -2.47. The largest absolute Gasteiger partial charge is 0.503 e. The standard InChI is InChI=1S/C18H24N4O6.C7H8FN/c1-19(2)13(23)5-3-6-20-7-4-8-22-12(20)10-21-9-11(18(27)28)15(24)16(25)14(21)17(22)26;8-7-3-1-6(5-9)2-4-7/h9,12,25H,3-8,10H2,1-2H3,(H,27,28);1-4H,5,9H2. The van der Waals surface area contributed by atoms with E-state index in [0.29, 0.717) is 32.5 Å². The molecule has 2 amide bonds. The van der Waals surface area contributed by atoms with Crippen LogP contribution in [0, 0.1) is 5.82 Å². The summed E-state index contributed by atoms with van der Waals surface area (Å²) in [5, 5.41) is 19.3. The first-order valence-electron chi connectivity index (χ1n) is 11.9. The Labute approximate surface area is 213 Å².